The predicted octanol–water partition coefficient (Wildman–Crippen LogP) is 11.2. The quantitative estimate of drug-likeness (QED) is 0.0661. The molecular formula is C42H58F2N4O4. The summed E-state index contributed by atoms with van der Waals surface area (Å²) in [6.45, 7) is 9.57. The Morgan fingerprint density at radius 3 is 1.15 bits per heavy atom. The zero-order valence-electron chi connectivity index (χ0n) is 31.6. The van der Waals surface area contributed by atoms with Crippen LogP contribution in [0.15, 0.2) is 73.3 Å². The number of nitrogens with zero attached hydrogens (tertiary/aromatic N) is 4. The van der Waals surface area contributed by atoms with Gasteiger partial charge in [-0.1, -0.05) is 79.1 Å². The van der Waals surface area contributed by atoms with E-state index in [-0.39, 0.29) is 13.2 Å². The highest BCUT2D eigenvalue weighted by atomic mass is 19.1. The van der Waals surface area contributed by atoms with Crippen LogP contribution in [0.5, 0.6) is 23.0 Å². The number of alkyl halides is 2. The fourth-order valence-electron chi connectivity index (χ4n) is 4.88. The molecule has 0 spiro atoms. The molecule has 0 radical (unpaired) electrons. The number of aromatic nitrogens is 4. The molecule has 0 aliphatic rings. The normalized spacial score (nSPS) is 12.0. The van der Waals surface area contributed by atoms with Gasteiger partial charge in [0, 0.05) is 11.1 Å². The second-order valence-corrected chi connectivity index (χ2v) is 12.7. The van der Waals surface area contributed by atoms with Crippen LogP contribution in [0.4, 0.5) is 8.78 Å². The summed E-state index contributed by atoms with van der Waals surface area (Å²) >= 11 is 0. The van der Waals surface area contributed by atoms with E-state index >= 15 is 0 Å². The van der Waals surface area contributed by atoms with E-state index < -0.39 is 12.3 Å². The summed E-state index contributed by atoms with van der Waals surface area (Å²) in [4.78, 5) is 17.4. The van der Waals surface area contributed by atoms with Crippen LogP contribution < -0.4 is 18.9 Å². The minimum atomic E-state index is -0.933. The van der Waals surface area contributed by atoms with Crippen molar-refractivity contribution < 1.29 is 27.7 Å². The van der Waals surface area contributed by atoms with Gasteiger partial charge in [-0.05, 0) is 74.2 Å². The molecule has 0 amide bonds. The van der Waals surface area contributed by atoms with E-state index in [1.807, 2.05) is 36.4 Å². The molecule has 0 aliphatic heterocycles. The SMILES string of the molecule is CCCCCCCCOc1cnc(-c2ccc(OC[C@H](F)CC)cc2)nc1.CCCCCCOc1cnc(-c2ccc(OC[C@H](F)CC)cc2)nc1. The molecule has 4 rings (SSSR count). The van der Waals surface area contributed by atoms with Crippen LogP contribution in [0, 0.1) is 0 Å². The molecule has 2 heterocycles. The summed E-state index contributed by atoms with van der Waals surface area (Å²) in [5.74, 6) is 3.93. The fraction of sp³-hybridized carbons (Fsp3) is 0.524. The standard InChI is InChI=1S/C22H31FN2O2.C20H27FN2O2/c1-3-5-6-7-8-9-14-26-21-15-24-22(25-16-21)18-10-12-20(13-11-18)27-17-19(23)4-2;1-3-5-6-7-12-24-19-13-22-20(23-14-19)16-8-10-18(11-9-16)25-15-17(21)4-2/h10-13,15-16,19H,3-9,14,17H2,1-2H3;8-11,13-14,17H,3-7,12,15H2,1-2H3/t19-;17-/m11/s1. The number of halogens is 2. The molecule has 0 aliphatic carbocycles. The van der Waals surface area contributed by atoms with Crippen molar-refractivity contribution in [2.24, 2.45) is 0 Å². The van der Waals surface area contributed by atoms with Crippen LogP contribution in [0.1, 0.15) is 105 Å². The van der Waals surface area contributed by atoms with Crippen molar-refractivity contribution in [2.75, 3.05) is 26.4 Å². The van der Waals surface area contributed by atoms with E-state index in [9.17, 15) is 8.78 Å². The van der Waals surface area contributed by atoms with E-state index in [4.69, 9.17) is 18.9 Å². The molecule has 52 heavy (non-hydrogen) atoms. The first-order chi connectivity index (χ1) is 25.4. The van der Waals surface area contributed by atoms with E-state index in [0.29, 0.717) is 60.7 Å². The molecule has 284 valence electrons. The lowest BCUT2D eigenvalue weighted by Gasteiger charge is -2.09. The lowest BCUT2D eigenvalue weighted by atomic mass is 10.1. The lowest BCUT2D eigenvalue weighted by Crippen LogP contribution is -2.11. The van der Waals surface area contributed by atoms with Gasteiger partial charge in [0.05, 0.1) is 38.0 Å². The molecule has 0 N–H and O–H groups in total. The Hall–Kier alpha value is -4.34. The van der Waals surface area contributed by atoms with Gasteiger partial charge in [0.2, 0.25) is 0 Å². The number of hydrogen-bond acceptors (Lipinski definition) is 8. The van der Waals surface area contributed by atoms with Crippen LogP contribution in [0.3, 0.4) is 0 Å². The highest BCUT2D eigenvalue weighted by molar-refractivity contribution is 5.57. The molecule has 0 bridgehead atoms. The van der Waals surface area contributed by atoms with Crippen LogP contribution in [0.25, 0.3) is 22.8 Å². The summed E-state index contributed by atoms with van der Waals surface area (Å²) in [7, 11) is 0. The third kappa shape index (κ3) is 16.8. The van der Waals surface area contributed by atoms with E-state index in [2.05, 4.69) is 33.8 Å². The van der Waals surface area contributed by atoms with Crippen LogP contribution in [-0.4, -0.2) is 58.7 Å². The fourth-order valence-corrected chi connectivity index (χ4v) is 4.88. The third-order valence-electron chi connectivity index (χ3n) is 8.26. The Bertz CT molecular complexity index is 1460. The first kappa shape index (κ1) is 42.1. The van der Waals surface area contributed by atoms with Crippen molar-refractivity contribution in [3.05, 3.63) is 73.3 Å². The van der Waals surface area contributed by atoms with E-state index in [1.54, 1.807) is 50.8 Å². The van der Waals surface area contributed by atoms with Crippen LogP contribution in [0.2, 0.25) is 0 Å². The molecule has 4 aromatic rings. The van der Waals surface area contributed by atoms with E-state index in [1.165, 1.54) is 51.4 Å². The van der Waals surface area contributed by atoms with Crippen LogP contribution >= 0.6 is 0 Å². The first-order valence-electron chi connectivity index (χ1n) is 19.1. The molecule has 0 saturated carbocycles. The lowest BCUT2D eigenvalue weighted by molar-refractivity contribution is 0.192. The maximum Gasteiger partial charge on any atom is 0.159 e. The second-order valence-electron chi connectivity index (χ2n) is 12.7. The molecule has 0 unspecified atom stereocenters. The summed E-state index contributed by atoms with van der Waals surface area (Å²) in [5, 5.41) is 0. The molecule has 2 aromatic heterocycles. The van der Waals surface area contributed by atoms with Gasteiger partial charge in [-0.2, -0.15) is 0 Å². The minimum Gasteiger partial charge on any atom is -0.491 e. The number of rotatable bonds is 24. The predicted molar refractivity (Wildman–Crippen MR) is 205 cm³/mol. The average Bonchev–Trinajstić information content (AvgIpc) is 3.19. The van der Waals surface area contributed by atoms with Gasteiger partial charge in [-0.3, -0.25) is 0 Å². The Kier molecular flexibility index (Phi) is 20.7. The zero-order valence-corrected chi connectivity index (χ0v) is 31.6. The summed E-state index contributed by atoms with van der Waals surface area (Å²) in [5.41, 5.74) is 1.77. The maximum absolute atomic E-state index is 13.2. The van der Waals surface area contributed by atoms with Crippen molar-refractivity contribution >= 4 is 0 Å². The van der Waals surface area contributed by atoms with Crippen LogP contribution in [-0.2, 0) is 0 Å². The van der Waals surface area contributed by atoms with Crippen molar-refractivity contribution in [2.45, 2.75) is 117 Å². The third-order valence-corrected chi connectivity index (χ3v) is 8.26. The van der Waals surface area contributed by atoms with Crippen molar-refractivity contribution in [3.8, 4) is 45.8 Å². The zero-order chi connectivity index (χ0) is 37.2. The van der Waals surface area contributed by atoms with Gasteiger partial charge in [0.25, 0.3) is 0 Å². The van der Waals surface area contributed by atoms with Gasteiger partial charge in [-0.25, -0.2) is 28.7 Å². The van der Waals surface area contributed by atoms with Crippen molar-refractivity contribution in [1.82, 2.24) is 19.9 Å². The smallest absolute Gasteiger partial charge is 0.159 e. The summed E-state index contributed by atoms with van der Waals surface area (Å²) in [6.07, 6.45) is 18.0. The Morgan fingerprint density at radius 2 is 0.788 bits per heavy atom. The largest absolute Gasteiger partial charge is 0.491 e. The van der Waals surface area contributed by atoms with Gasteiger partial charge >= 0.3 is 0 Å². The summed E-state index contributed by atoms with van der Waals surface area (Å²) < 4.78 is 48.6. The molecule has 0 fully saturated rings. The minimum absolute atomic E-state index is 0.0800. The van der Waals surface area contributed by atoms with Crippen molar-refractivity contribution in [1.29, 1.82) is 0 Å². The molecule has 0 saturated heterocycles. The Labute approximate surface area is 309 Å². The van der Waals surface area contributed by atoms with Gasteiger partial charge in [0.1, 0.15) is 37.1 Å². The highest BCUT2D eigenvalue weighted by Gasteiger charge is 2.08. The maximum atomic E-state index is 13.2. The molecule has 8 nitrogen and oxygen atoms in total. The van der Waals surface area contributed by atoms with Crippen molar-refractivity contribution in [3.63, 3.8) is 0 Å². The summed E-state index contributed by atoms with van der Waals surface area (Å²) in [6, 6.07) is 14.7. The Balaban J connectivity index is 0.000000281. The first-order valence-corrected chi connectivity index (χ1v) is 19.1. The molecule has 2 atom stereocenters. The highest BCUT2D eigenvalue weighted by Crippen LogP contribution is 2.22. The monoisotopic (exact) mass is 720 g/mol. The van der Waals surface area contributed by atoms with E-state index in [0.717, 1.165) is 24.0 Å². The van der Waals surface area contributed by atoms with Gasteiger partial charge < -0.3 is 18.9 Å². The molecular weight excluding hydrogens is 662 g/mol. The average molecular weight is 721 g/mol. The number of hydrogen-bond donors (Lipinski definition) is 0. The van der Waals surface area contributed by atoms with Gasteiger partial charge in [-0.15, -0.1) is 0 Å². The van der Waals surface area contributed by atoms with Gasteiger partial charge in [0.15, 0.2) is 23.1 Å². The number of benzene rings is 2. The number of ether oxygens (including phenoxy) is 4. The topological polar surface area (TPSA) is 88.5 Å². The second kappa shape index (κ2) is 25.6. The molecule has 10 heteroatoms. The number of unbranched alkanes of at least 4 members (excludes halogenated alkanes) is 8. The Morgan fingerprint density at radius 1 is 0.442 bits per heavy atom. The molecule has 2 aromatic carbocycles.